The Morgan fingerprint density at radius 3 is 2.67 bits per heavy atom. The van der Waals surface area contributed by atoms with E-state index in [9.17, 15) is 10.1 Å². The van der Waals surface area contributed by atoms with Crippen molar-refractivity contribution in [2.45, 2.75) is 46.1 Å². The molecule has 0 heterocycles. The zero-order valence-corrected chi connectivity index (χ0v) is 11.2. The summed E-state index contributed by atoms with van der Waals surface area (Å²) < 4.78 is 0. The van der Waals surface area contributed by atoms with E-state index in [-0.39, 0.29) is 10.6 Å². The van der Waals surface area contributed by atoms with Gasteiger partial charge in [0.05, 0.1) is 4.92 Å². The van der Waals surface area contributed by atoms with E-state index in [0.717, 1.165) is 12.1 Å². The van der Waals surface area contributed by atoms with Crippen LogP contribution in [0, 0.1) is 22.5 Å². The molecule has 18 heavy (non-hydrogen) atoms. The smallest absolute Gasteiger partial charge is 0.272 e. The zero-order valence-electron chi connectivity index (χ0n) is 11.2. The van der Waals surface area contributed by atoms with Gasteiger partial charge in [0.2, 0.25) is 0 Å². The maximum Gasteiger partial charge on any atom is 0.272 e. The summed E-state index contributed by atoms with van der Waals surface area (Å²) in [5.41, 5.74) is 2.29. The minimum Gasteiger partial charge on any atom is -0.382 e. The molecule has 4 nitrogen and oxygen atoms in total. The molecular formula is C14H20N2O2. The van der Waals surface area contributed by atoms with Crippen molar-refractivity contribution in [2.75, 3.05) is 5.32 Å². The Morgan fingerprint density at radius 2 is 2.17 bits per heavy atom. The van der Waals surface area contributed by atoms with E-state index in [4.69, 9.17) is 0 Å². The summed E-state index contributed by atoms with van der Waals surface area (Å²) in [6.45, 7) is 6.35. The first-order valence-electron chi connectivity index (χ1n) is 6.39. The number of nitrogens with one attached hydrogen (secondary N) is 1. The molecule has 0 bridgehead atoms. The van der Waals surface area contributed by atoms with Gasteiger partial charge >= 0.3 is 0 Å². The van der Waals surface area contributed by atoms with E-state index in [1.807, 2.05) is 6.07 Å². The van der Waals surface area contributed by atoms with Gasteiger partial charge < -0.3 is 5.32 Å². The lowest BCUT2D eigenvalue weighted by Crippen LogP contribution is -2.17. The summed E-state index contributed by atoms with van der Waals surface area (Å²) in [4.78, 5) is 10.4. The highest BCUT2D eigenvalue weighted by Gasteiger charge is 2.30. The van der Waals surface area contributed by atoms with Crippen molar-refractivity contribution in [1.29, 1.82) is 0 Å². The molecule has 0 amide bonds. The summed E-state index contributed by atoms with van der Waals surface area (Å²) in [7, 11) is 0. The van der Waals surface area contributed by atoms with Crippen molar-refractivity contribution in [3.05, 3.63) is 33.9 Å². The summed E-state index contributed by atoms with van der Waals surface area (Å²) >= 11 is 0. The van der Waals surface area contributed by atoms with Crippen LogP contribution in [0.3, 0.4) is 0 Å². The van der Waals surface area contributed by atoms with Crippen molar-refractivity contribution in [3.63, 3.8) is 0 Å². The number of nitro benzene ring substituents is 1. The van der Waals surface area contributed by atoms with E-state index < -0.39 is 0 Å². The number of aryl methyl sites for hydroxylation is 1. The molecule has 0 aliphatic heterocycles. The number of nitrogens with zero attached hydrogens (tertiary/aromatic N) is 1. The molecule has 1 aromatic rings. The van der Waals surface area contributed by atoms with Crippen LogP contribution in [0.15, 0.2) is 18.2 Å². The molecule has 2 rings (SSSR count). The topological polar surface area (TPSA) is 55.2 Å². The van der Waals surface area contributed by atoms with Crippen molar-refractivity contribution in [2.24, 2.45) is 5.41 Å². The molecule has 1 saturated carbocycles. The van der Waals surface area contributed by atoms with Gasteiger partial charge in [-0.3, -0.25) is 10.1 Å². The monoisotopic (exact) mass is 248 g/mol. The first-order chi connectivity index (χ1) is 8.37. The SMILES string of the molecule is Cc1cc(NC2CCC(C)(C)C2)ccc1[N+](=O)[O-]. The first-order valence-corrected chi connectivity index (χ1v) is 6.39. The van der Waals surface area contributed by atoms with E-state index >= 15 is 0 Å². The Bertz CT molecular complexity index is 469. The number of hydrogen-bond acceptors (Lipinski definition) is 3. The van der Waals surface area contributed by atoms with Crippen LogP contribution in [0.5, 0.6) is 0 Å². The maximum absolute atomic E-state index is 10.7. The molecule has 1 aliphatic rings. The van der Waals surface area contributed by atoms with Crippen molar-refractivity contribution in [1.82, 2.24) is 0 Å². The summed E-state index contributed by atoms with van der Waals surface area (Å²) in [5, 5.41) is 14.2. The Kier molecular flexibility index (Phi) is 3.28. The van der Waals surface area contributed by atoms with Gasteiger partial charge in [0.25, 0.3) is 5.69 Å². The number of benzene rings is 1. The van der Waals surface area contributed by atoms with Crippen LogP contribution in [0.1, 0.15) is 38.7 Å². The standard InChI is InChI=1S/C14H20N2O2/c1-10-8-11(4-5-13(10)16(17)18)15-12-6-7-14(2,3)9-12/h4-5,8,12,15H,6-7,9H2,1-3H3. The molecule has 0 spiro atoms. The Balaban J connectivity index is 2.07. The average Bonchev–Trinajstić information content (AvgIpc) is 2.57. The summed E-state index contributed by atoms with van der Waals surface area (Å²) in [6.07, 6.45) is 3.56. The van der Waals surface area contributed by atoms with E-state index in [1.165, 1.54) is 12.8 Å². The third-order valence-corrected chi connectivity index (χ3v) is 3.73. The number of hydrogen-bond donors (Lipinski definition) is 1. The fourth-order valence-corrected chi connectivity index (χ4v) is 2.75. The molecule has 98 valence electrons. The zero-order chi connectivity index (χ0) is 13.3. The lowest BCUT2D eigenvalue weighted by molar-refractivity contribution is -0.385. The van der Waals surface area contributed by atoms with Gasteiger partial charge in [-0.2, -0.15) is 0 Å². The van der Waals surface area contributed by atoms with Crippen molar-refractivity contribution >= 4 is 11.4 Å². The van der Waals surface area contributed by atoms with Crippen LogP contribution in [0.4, 0.5) is 11.4 Å². The van der Waals surface area contributed by atoms with E-state index in [1.54, 1.807) is 19.1 Å². The molecule has 4 heteroatoms. The summed E-state index contributed by atoms with van der Waals surface area (Å²) in [5.74, 6) is 0. The lowest BCUT2D eigenvalue weighted by atomic mass is 9.92. The van der Waals surface area contributed by atoms with Crippen molar-refractivity contribution in [3.8, 4) is 0 Å². The fraction of sp³-hybridized carbons (Fsp3) is 0.571. The van der Waals surface area contributed by atoms with E-state index in [0.29, 0.717) is 17.0 Å². The molecule has 1 aliphatic carbocycles. The Labute approximate surface area is 108 Å². The van der Waals surface area contributed by atoms with Crippen LogP contribution in [-0.4, -0.2) is 11.0 Å². The normalized spacial score (nSPS) is 21.8. The molecule has 1 fully saturated rings. The molecule has 1 atom stereocenters. The van der Waals surface area contributed by atoms with Crippen LogP contribution in [0.25, 0.3) is 0 Å². The van der Waals surface area contributed by atoms with Gasteiger partial charge in [-0.15, -0.1) is 0 Å². The fourth-order valence-electron chi connectivity index (χ4n) is 2.75. The summed E-state index contributed by atoms with van der Waals surface area (Å²) in [6, 6.07) is 5.73. The molecule has 1 N–H and O–H groups in total. The Hall–Kier alpha value is -1.58. The second-order valence-electron chi connectivity index (χ2n) is 6.01. The molecular weight excluding hydrogens is 228 g/mol. The molecule has 0 saturated heterocycles. The maximum atomic E-state index is 10.7. The molecule has 1 unspecified atom stereocenters. The first kappa shape index (κ1) is 12.9. The van der Waals surface area contributed by atoms with Gasteiger partial charge in [0, 0.05) is 23.4 Å². The minimum absolute atomic E-state index is 0.187. The highest BCUT2D eigenvalue weighted by Crippen LogP contribution is 2.38. The highest BCUT2D eigenvalue weighted by molar-refractivity contribution is 5.54. The minimum atomic E-state index is -0.336. The predicted molar refractivity (Wildman–Crippen MR) is 72.9 cm³/mol. The molecule has 1 aromatic carbocycles. The molecule has 0 radical (unpaired) electrons. The molecule has 0 aromatic heterocycles. The van der Waals surface area contributed by atoms with Crippen LogP contribution < -0.4 is 5.32 Å². The second kappa shape index (κ2) is 4.59. The van der Waals surface area contributed by atoms with Crippen LogP contribution >= 0.6 is 0 Å². The van der Waals surface area contributed by atoms with E-state index in [2.05, 4.69) is 19.2 Å². The third-order valence-electron chi connectivity index (χ3n) is 3.73. The number of nitro groups is 1. The predicted octanol–water partition coefficient (Wildman–Crippen LogP) is 3.89. The quantitative estimate of drug-likeness (QED) is 0.652. The van der Waals surface area contributed by atoms with Crippen LogP contribution in [0.2, 0.25) is 0 Å². The number of rotatable bonds is 3. The third kappa shape index (κ3) is 2.81. The van der Waals surface area contributed by atoms with Gasteiger partial charge in [-0.05, 0) is 43.7 Å². The average molecular weight is 248 g/mol. The Morgan fingerprint density at radius 1 is 1.44 bits per heavy atom. The number of anilines is 1. The second-order valence-corrected chi connectivity index (χ2v) is 6.01. The van der Waals surface area contributed by atoms with Gasteiger partial charge in [0.1, 0.15) is 0 Å². The lowest BCUT2D eigenvalue weighted by Gasteiger charge is -2.18. The van der Waals surface area contributed by atoms with Crippen molar-refractivity contribution < 1.29 is 4.92 Å². The largest absolute Gasteiger partial charge is 0.382 e. The van der Waals surface area contributed by atoms with Gasteiger partial charge in [-0.1, -0.05) is 13.8 Å². The highest BCUT2D eigenvalue weighted by atomic mass is 16.6. The van der Waals surface area contributed by atoms with Gasteiger partial charge in [-0.25, -0.2) is 0 Å². The van der Waals surface area contributed by atoms with Crippen LogP contribution in [-0.2, 0) is 0 Å². The van der Waals surface area contributed by atoms with Gasteiger partial charge in [0.15, 0.2) is 0 Å².